The molecule has 0 saturated heterocycles. The van der Waals surface area contributed by atoms with Gasteiger partial charge in [-0.15, -0.1) is 0 Å². The fourth-order valence-corrected chi connectivity index (χ4v) is 1.33. The zero-order valence-corrected chi connectivity index (χ0v) is 9.88. The number of nitrogens with one attached hydrogen (secondary N) is 1. The largest absolute Gasteiger partial charge is 0.491 e. The smallest absolute Gasteiger partial charge is 0.223 e. The van der Waals surface area contributed by atoms with E-state index in [0.29, 0.717) is 29.4 Å². The van der Waals surface area contributed by atoms with E-state index in [0.717, 1.165) is 0 Å². The number of nitrogens with two attached hydrogens (primary N) is 1. The van der Waals surface area contributed by atoms with Gasteiger partial charge in [0.25, 0.3) is 0 Å². The molecule has 0 aromatic heterocycles. The Morgan fingerprint density at radius 2 is 2.31 bits per heavy atom. The Bertz CT molecular complexity index is 369. The fraction of sp³-hybridized carbons (Fsp3) is 0.364. The molecule has 0 unspecified atom stereocenters. The third kappa shape index (κ3) is 3.98. The van der Waals surface area contributed by atoms with E-state index in [2.05, 4.69) is 5.32 Å². The van der Waals surface area contributed by atoms with E-state index in [1.807, 2.05) is 6.92 Å². The predicted octanol–water partition coefficient (Wildman–Crippen LogP) is 1.83. The number of nitrogen functional groups attached to an aromatic ring is 1. The molecule has 1 aromatic carbocycles. The van der Waals surface area contributed by atoms with Gasteiger partial charge in [0.15, 0.2) is 0 Å². The summed E-state index contributed by atoms with van der Waals surface area (Å²) in [4.78, 5) is 11.1. The lowest BCUT2D eigenvalue weighted by molar-refractivity contribution is -0.121. The highest BCUT2D eigenvalue weighted by Crippen LogP contribution is 2.25. The molecule has 88 valence electrons. The monoisotopic (exact) mass is 242 g/mol. The number of hydrogen-bond acceptors (Lipinski definition) is 3. The van der Waals surface area contributed by atoms with Crippen LogP contribution < -0.4 is 15.8 Å². The SMILES string of the molecule is CCNC(=O)CCOc1cc(Cl)ccc1N. The van der Waals surface area contributed by atoms with E-state index in [9.17, 15) is 4.79 Å². The van der Waals surface area contributed by atoms with Crippen molar-refractivity contribution >= 4 is 23.2 Å². The van der Waals surface area contributed by atoms with Crippen LogP contribution in [0.1, 0.15) is 13.3 Å². The van der Waals surface area contributed by atoms with Crippen LogP contribution in [0.2, 0.25) is 5.02 Å². The molecule has 0 saturated carbocycles. The first kappa shape index (κ1) is 12.6. The Kier molecular flexibility index (Phi) is 4.92. The van der Waals surface area contributed by atoms with Gasteiger partial charge >= 0.3 is 0 Å². The molecule has 0 aliphatic rings. The third-order valence-corrected chi connectivity index (χ3v) is 2.17. The van der Waals surface area contributed by atoms with E-state index in [1.54, 1.807) is 18.2 Å². The van der Waals surface area contributed by atoms with Crippen molar-refractivity contribution in [2.24, 2.45) is 0 Å². The Morgan fingerprint density at radius 3 is 3.00 bits per heavy atom. The average Bonchev–Trinajstić information content (AvgIpc) is 2.23. The molecule has 4 nitrogen and oxygen atoms in total. The highest BCUT2D eigenvalue weighted by Gasteiger charge is 2.03. The number of amides is 1. The van der Waals surface area contributed by atoms with Crippen molar-refractivity contribution in [1.82, 2.24) is 5.32 Å². The molecule has 5 heteroatoms. The van der Waals surface area contributed by atoms with Crippen LogP contribution in [0.4, 0.5) is 5.69 Å². The average molecular weight is 243 g/mol. The summed E-state index contributed by atoms with van der Waals surface area (Å²) in [7, 11) is 0. The summed E-state index contributed by atoms with van der Waals surface area (Å²) in [6.07, 6.45) is 0.305. The minimum atomic E-state index is -0.0388. The highest BCUT2D eigenvalue weighted by atomic mass is 35.5. The Morgan fingerprint density at radius 1 is 1.56 bits per heavy atom. The molecule has 1 rings (SSSR count). The van der Waals surface area contributed by atoms with Crippen LogP contribution in [0.5, 0.6) is 5.75 Å². The molecule has 0 aliphatic heterocycles. The lowest BCUT2D eigenvalue weighted by Crippen LogP contribution is -2.24. The molecule has 1 amide bonds. The van der Waals surface area contributed by atoms with Crippen LogP contribution in [0.25, 0.3) is 0 Å². The summed E-state index contributed by atoms with van der Waals surface area (Å²) in [6, 6.07) is 4.99. The predicted molar refractivity (Wildman–Crippen MR) is 64.7 cm³/mol. The summed E-state index contributed by atoms with van der Waals surface area (Å²) in [5.41, 5.74) is 6.19. The van der Waals surface area contributed by atoms with E-state index < -0.39 is 0 Å². The second kappa shape index (κ2) is 6.23. The lowest BCUT2D eigenvalue weighted by atomic mass is 10.3. The lowest BCUT2D eigenvalue weighted by Gasteiger charge is -2.08. The standard InChI is InChI=1S/C11H15ClN2O2/c1-2-14-11(15)5-6-16-10-7-8(12)3-4-9(10)13/h3-4,7H,2,5-6,13H2,1H3,(H,14,15). The van der Waals surface area contributed by atoms with Crippen molar-refractivity contribution in [3.63, 3.8) is 0 Å². The molecular weight excluding hydrogens is 228 g/mol. The first-order valence-electron chi connectivity index (χ1n) is 5.08. The molecule has 0 fully saturated rings. The van der Waals surface area contributed by atoms with Crippen molar-refractivity contribution in [1.29, 1.82) is 0 Å². The van der Waals surface area contributed by atoms with Crippen LogP contribution in [0.3, 0.4) is 0 Å². The quantitative estimate of drug-likeness (QED) is 0.775. The number of halogens is 1. The minimum absolute atomic E-state index is 0.0388. The molecule has 0 aliphatic carbocycles. The molecular formula is C11H15ClN2O2. The summed E-state index contributed by atoms with van der Waals surface area (Å²) in [5, 5.41) is 3.24. The third-order valence-electron chi connectivity index (χ3n) is 1.94. The van der Waals surface area contributed by atoms with E-state index in [-0.39, 0.29) is 12.5 Å². The van der Waals surface area contributed by atoms with E-state index in [1.165, 1.54) is 0 Å². The van der Waals surface area contributed by atoms with Gasteiger partial charge in [-0.2, -0.15) is 0 Å². The van der Waals surface area contributed by atoms with E-state index in [4.69, 9.17) is 22.1 Å². The molecule has 0 radical (unpaired) electrons. The summed E-state index contributed by atoms with van der Waals surface area (Å²) in [5.74, 6) is 0.472. The van der Waals surface area contributed by atoms with Gasteiger partial charge in [0.05, 0.1) is 18.7 Å². The van der Waals surface area contributed by atoms with Gasteiger partial charge in [-0.1, -0.05) is 11.6 Å². The number of hydrogen-bond donors (Lipinski definition) is 2. The maximum Gasteiger partial charge on any atom is 0.223 e. The van der Waals surface area contributed by atoms with Crippen molar-refractivity contribution in [3.8, 4) is 5.75 Å². The fourth-order valence-electron chi connectivity index (χ4n) is 1.17. The van der Waals surface area contributed by atoms with Gasteiger partial charge in [-0.25, -0.2) is 0 Å². The number of benzene rings is 1. The molecule has 3 N–H and O–H groups in total. The van der Waals surface area contributed by atoms with Crippen LogP contribution >= 0.6 is 11.6 Å². The van der Waals surface area contributed by atoms with Crippen LogP contribution in [-0.2, 0) is 4.79 Å². The molecule has 0 bridgehead atoms. The van der Waals surface area contributed by atoms with Gasteiger partial charge < -0.3 is 15.8 Å². The molecule has 0 heterocycles. The molecule has 1 aromatic rings. The maximum absolute atomic E-state index is 11.1. The number of anilines is 1. The Labute approximate surface area is 99.7 Å². The number of rotatable bonds is 5. The maximum atomic E-state index is 11.1. The zero-order chi connectivity index (χ0) is 12.0. The van der Waals surface area contributed by atoms with Crippen molar-refractivity contribution in [2.45, 2.75) is 13.3 Å². The van der Waals surface area contributed by atoms with E-state index >= 15 is 0 Å². The zero-order valence-electron chi connectivity index (χ0n) is 9.13. The van der Waals surface area contributed by atoms with Crippen molar-refractivity contribution < 1.29 is 9.53 Å². The van der Waals surface area contributed by atoms with Crippen LogP contribution in [0.15, 0.2) is 18.2 Å². The second-order valence-corrected chi connectivity index (χ2v) is 3.67. The van der Waals surface area contributed by atoms with Gasteiger partial charge in [-0.3, -0.25) is 4.79 Å². The first-order chi connectivity index (χ1) is 7.63. The molecule has 0 atom stereocenters. The number of ether oxygens (including phenoxy) is 1. The summed E-state index contributed by atoms with van der Waals surface area (Å²) >= 11 is 5.79. The van der Waals surface area contributed by atoms with Crippen molar-refractivity contribution in [2.75, 3.05) is 18.9 Å². The molecule has 16 heavy (non-hydrogen) atoms. The van der Waals surface area contributed by atoms with Crippen molar-refractivity contribution in [3.05, 3.63) is 23.2 Å². The topological polar surface area (TPSA) is 64.3 Å². The highest BCUT2D eigenvalue weighted by molar-refractivity contribution is 6.30. The van der Waals surface area contributed by atoms with Crippen LogP contribution in [0, 0.1) is 0 Å². The Balaban J connectivity index is 2.42. The minimum Gasteiger partial charge on any atom is -0.491 e. The normalized spacial score (nSPS) is 9.88. The second-order valence-electron chi connectivity index (χ2n) is 3.23. The van der Waals surface area contributed by atoms with Gasteiger partial charge in [-0.05, 0) is 19.1 Å². The van der Waals surface area contributed by atoms with Gasteiger partial charge in [0.1, 0.15) is 5.75 Å². The number of carbonyl (C=O) groups is 1. The summed E-state index contributed by atoms with van der Waals surface area (Å²) < 4.78 is 5.36. The number of carbonyl (C=O) groups excluding carboxylic acids is 1. The Hall–Kier alpha value is -1.42. The first-order valence-corrected chi connectivity index (χ1v) is 5.45. The van der Waals surface area contributed by atoms with Gasteiger partial charge in [0, 0.05) is 17.6 Å². The summed E-state index contributed by atoms with van der Waals surface area (Å²) in [6.45, 7) is 2.78. The molecule has 0 spiro atoms. The van der Waals surface area contributed by atoms with Crippen LogP contribution in [-0.4, -0.2) is 19.1 Å². The van der Waals surface area contributed by atoms with Gasteiger partial charge in [0.2, 0.25) is 5.91 Å².